The third kappa shape index (κ3) is 3.97. The lowest BCUT2D eigenvalue weighted by Gasteiger charge is -2.13. The molecule has 0 bridgehead atoms. The van der Waals surface area contributed by atoms with E-state index in [0.29, 0.717) is 17.1 Å². The monoisotopic (exact) mass is 306 g/mol. The van der Waals surface area contributed by atoms with E-state index in [1.807, 2.05) is 0 Å². The maximum atomic E-state index is 11.5. The average Bonchev–Trinajstić information content (AvgIpc) is 3.32. The van der Waals surface area contributed by atoms with Crippen LogP contribution in [0.4, 0.5) is 0 Å². The van der Waals surface area contributed by atoms with Gasteiger partial charge in [0, 0.05) is 18.4 Å². The molecular formula is C15H18N2O5. The Hall–Kier alpha value is -2.57. The minimum atomic E-state index is -0.477. The second-order valence-electron chi connectivity index (χ2n) is 4.86. The molecule has 2 rings (SSSR count). The summed E-state index contributed by atoms with van der Waals surface area (Å²) in [5.74, 6) is 0.416. The van der Waals surface area contributed by atoms with Gasteiger partial charge in [-0.05, 0) is 25.0 Å². The predicted octanol–water partition coefficient (Wildman–Crippen LogP) is 1.49. The third-order valence-corrected chi connectivity index (χ3v) is 3.07. The van der Waals surface area contributed by atoms with E-state index in [-0.39, 0.29) is 17.6 Å². The number of nitrogens with zero attached hydrogens (tertiary/aromatic N) is 1. The maximum Gasteiger partial charge on any atom is 0.308 e. The van der Waals surface area contributed by atoms with Gasteiger partial charge >= 0.3 is 5.97 Å². The largest absolute Gasteiger partial charge is 0.493 e. The van der Waals surface area contributed by atoms with Crippen LogP contribution >= 0.6 is 0 Å². The highest BCUT2D eigenvalue weighted by molar-refractivity contribution is 5.86. The van der Waals surface area contributed by atoms with Gasteiger partial charge in [-0.2, -0.15) is 5.10 Å². The number of methoxy groups -OCH3 is 2. The molecule has 1 aromatic rings. The molecule has 0 unspecified atom stereocenters. The van der Waals surface area contributed by atoms with Gasteiger partial charge in [-0.3, -0.25) is 9.59 Å². The summed E-state index contributed by atoms with van der Waals surface area (Å²) < 4.78 is 15.5. The van der Waals surface area contributed by atoms with Crippen molar-refractivity contribution < 1.29 is 23.8 Å². The molecule has 0 spiro atoms. The Morgan fingerprint density at radius 3 is 2.27 bits per heavy atom. The Labute approximate surface area is 128 Å². The number of hydrogen-bond donors (Lipinski definition) is 1. The molecule has 22 heavy (non-hydrogen) atoms. The van der Waals surface area contributed by atoms with E-state index in [1.54, 1.807) is 12.1 Å². The minimum absolute atomic E-state index is 0.0771. The molecule has 1 aliphatic carbocycles. The third-order valence-electron chi connectivity index (χ3n) is 3.07. The number of ether oxygens (including phenoxy) is 3. The summed E-state index contributed by atoms with van der Waals surface area (Å²) >= 11 is 0. The molecule has 1 amide bonds. The van der Waals surface area contributed by atoms with Gasteiger partial charge in [0.2, 0.25) is 11.7 Å². The second-order valence-corrected chi connectivity index (χ2v) is 4.86. The normalized spacial score (nSPS) is 13.8. The van der Waals surface area contributed by atoms with Gasteiger partial charge in [-0.25, -0.2) is 5.43 Å². The summed E-state index contributed by atoms with van der Waals surface area (Å²) in [6.45, 7) is 1.29. The van der Waals surface area contributed by atoms with Crippen LogP contribution in [0.3, 0.4) is 0 Å². The molecule has 0 aromatic heterocycles. The van der Waals surface area contributed by atoms with Crippen molar-refractivity contribution in [2.75, 3.05) is 14.2 Å². The zero-order valence-electron chi connectivity index (χ0n) is 12.7. The smallest absolute Gasteiger partial charge is 0.308 e. The lowest BCUT2D eigenvalue weighted by atomic mass is 10.2. The van der Waals surface area contributed by atoms with Gasteiger partial charge in [0.1, 0.15) is 0 Å². The fourth-order valence-corrected chi connectivity index (χ4v) is 1.83. The highest BCUT2D eigenvalue weighted by Crippen LogP contribution is 2.38. The van der Waals surface area contributed by atoms with Crippen molar-refractivity contribution in [2.24, 2.45) is 11.0 Å². The van der Waals surface area contributed by atoms with Gasteiger partial charge in [-0.15, -0.1) is 0 Å². The Morgan fingerprint density at radius 1 is 1.23 bits per heavy atom. The topological polar surface area (TPSA) is 86.2 Å². The van der Waals surface area contributed by atoms with E-state index < -0.39 is 5.97 Å². The number of carbonyl (C=O) groups excluding carboxylic acids is 2. The quantitative estimate of drug-likeness (QED) is 0.372. The maximum absolute atomic E-state index is 11.5. The standard InChI is InChI=1S/C15H18N2O5/c1-9(18)22-14-12(20-2)6-10(7-13(14)21-3)8-16-17-15(19)11-4-5-11/h6-8,11H,4-5H2,1-3H3,(H,17,19). The first-order valence-electron chi connectivity index (χ1n) is 6.82. The molecule has 0 radical (unpaired) electrons. The lowest BCUT2D eigenvalue weighted by molar-refractivity contribution is -0.132. The number of esters is 1. The molecule has 0 aliphatic heterocycles. The Bertz CT molecular complexity index is 583. The van der Waals surface area contributed by atoms with Crippen molar-refractivity contribution >= 4 is 18.1 Å². The van der Waals surface area contributed by atoms with Gasteiger partial charge in [0.05, 0.1) is 20.4 Å². The van der Waals surface area contributed by atoms with Crippen molar-refractivity contribution in [3.8, 4) is 17.2 Å². The lowest BCUT2D eigenvalue weighted by Crippen LogP contribution is -2.18. The summed E-state index contributed by atoms with van der Waals surface area (Å²) in [6.07, 6.45) is 3.31. The first-order chi connectivity index (χ1) is 10.5. The molecular weight excluding hydrogens is 288 g/mol. The SMILES string of the molecule is COc1cc(C=NNC(=O)C2CC2)cc(OC)c1OC(C)=O. The van der Waals surface area contributed by atoms with Crippen LogP contribution in [0.5, 0.6) is 17.2 Å². The summed E-state index contributed by atoms with van der Waals surface area (Å²) in [5.41, 5.74) is 3.12. The molecule has 7 heteroatoms. The van der Waals surface area contributed by atoms with Crippen molar-refractivity contribution in [2.45, 2.75) is 19.8 Å². The molecule has 1 aromatic carbocycles. The van der Waals surface area contributed by atoms with Crippen LogP contribution in [0.25, 0.3) is 0 Å². The number of nitrogens with one attached hydrogen (secondary N) is 1. The fraction of sp³-hybridized carbons (Fsp3) is 0.400. The van der Waals surface area contributed by atoms with Crippen LogP contribution in [-0.4, -0.2) is 32.3 Å². The van der Waals surface area contributed by atoms with E-state index >= 15 is 0 Å². The molecule has 0 atom stereocenters. The highest BCUT2D eigenvalue weighted by atomic mass is 16.6. The molecule has 0 heterocycles. The van der Waals surface area contributed by atoms with Crippen LogP contribution in [0.15, 0.2) is 17.2 Å². The molecule has 1 N–H and O–H groups in total. The zero-order valence-corrected chi connectivity index (χ0v) is 12.7. The molecule has 0 saturated heterocycles. The van der Waals surface area contributed by atoms with Crippen molar-refractivity contribution in [1.82, 2.24) is 5.43 Å². The summed E-state index contributed by atoms with van der Waals surface area (Å²) in [7, 11) is 2.91. The minimum Gasteiger partial charge on any atom is -0.493 e. The van der Waals surface area contributed by atoms with E-state index in [4.69, 9.17) is 14.2 Å². The average molecular weight is 306 g/mol. The highest BCUT2D eigenvalue weighted by Gasteiger charge is 2.29. The molecule has 1 saturated carbocycles. The Kier molecular flexibility index (Phi) is 4.98. The van der Waals surface area contributed by atoms with Crippen molar-refractivity contribution in [3.05, 3.63) is 17.7 Å². The van der Waals surface area contributed by atoms with Crippen LogP contribution in [-0.2, 0) is 9.59 Å². The number of hydrogen-bond acceptors (Lipinski definition) is 6. The summed E-state index contributed by atoms with van der Waals surface area (Å²) in [4.78, 5) is 22.6. The summed E-state index contributed by atoms with van der Waals surface area (Å²) in [6, 6.07) is 3.27. The van der Waals surface area contributed by atoms with Gasteiger partial charge in [0.15, 0.2) is 11.5 Å². The molecule has 118 valence electrons. The van der Waals surface area contributed by atoms with Crippen LogP contribution < -0.4 is 19.6 Å². The second kappa shape index (κ2) is 6.93. The zero-order chi connectivity index (χ0) is 16.1. The number of hydrazone groups is 1. The van der Waals surface area contributed by atoms with Crippen LogP contribution in [0.2, 0.25) is 0 Å². The van der Waals surface area contributed by atoms with E-state index in [2.05, 4.69) is 10.5 Å². The molecule has 1 fully saturated rings. The van der Waals surface area contributed by atoms with Crippen LogP contribution in [0, 0.1) is 5.92 Å². The van der Waals surface area contributed by atoms with Crippen molar-refractivity contribution in [1.29, 1.82) is 0 Å². The predicted molar refractivity (Wildman–Crippen MR) is 79.3 cm³/mol. The van der Waals surface area contributed by atoms with Crippen LogP contribution in [0.1, 0.15) is 25.3 Å². The first kappa shape index (κ1) is 15.8. The molecule has 1 aliphatic rings. The number of amides is 1. The van der Waals surface area contributed by atoms with Gasteiger partial charge < -0.3 is 14.2 Å². The van der Waals surface area contributed by atoms with Crippen molar-refractivity contribution in [3.63, 3.8) is 0 Å². The van der Waals surface area contributed by atoms with Gasteiger partial charge in [-0.1, -0.05) is 0 Å². The first-order valence-corrected chi connectivity index (χ1v) is 6.82. The Balaban J connectivity index is 2.18. The number of rotatable bonds is 6. The molecule has 7 nitrogen and oxygen atoms in total. The fourth-order valence-electron chi connectivity index (χ4n) is 1.83. The van der Waals surface area contributed by atoms with E-state index in [0.717, 1.165) is 12.8 Å². The Morgan fingerprint density at radius 2 is 1.82 bits per heavy atom. The van der Waals surface area contributed by atoms with E-state index in [9.17, 15) is 9.59 Å². The number of benzene rings is 1. The number of carbonyl (C=O) groups is 2. The van der Waals surface area contributed by atoms with Gasteiger partial charge in [0.25, 0.3) is 0 Å². The summed E-state index contributed by atoms with van der Waals surface area (Å²) in [5, 5.41) is 3.90. The van der Waals surface area contributed by atoms with E-state index in [1.165, 1.54) is 27.4 Å².